The van der Waals surface area contributed by atoms with Crippen LogP contribution in [0.2, 0.25) is 0 Å². The zero-order valence-electron chi connectivity index (χ0n) is 20.0. The average Bonchev–Trinajstić information content (AvgIpc) is 3.12. The van der Waals surface area contributed by atoms with Crippen molar-refractivity contribution in [2.75, 3.05) is 6.61 Å². The number of aryl methyl sites for hydroxylation is 1. The molecule has 2 heterocycles. The number of aliphatic hydroxyl groups is 1. The standard InChI is InChI=1S/C26H30N4O4/c1-18-11-8-9-14-20(18)34-24-27-22-21(29(24)17-19-12-6-5-7-13-19)23(32)28(15-10-16-31)25(33)30(22)26(2,3)4/h5-9,11-14,31H,10,15-17H2,1-4H3. The highest BCUT2D eigenvalue weighted by Crippen LogP contribution is 2.29. The zero-order valence-corrected chi connectivity index (χ0v) is 20.0. The van der Waals surface area contributed by atoms with Crippen LogP contribution in [0.25, 0.3) is 11.2 Å². The molecule has 0 atom stereocenters. The van der Waals surface area contributed by atoms with Crippen molar-refractivity contribution >= 4 is 11.2 Å². The van der Waals surface area contributed by atoms with Gasteiger partial charge in [0.2, 0.25) is 0 Å². The summed E-state index contributed by atoms with van der Waals surface area (Å²) in [4.78, 5) is 31.7. The van der Waals surface area contributed by atoms with E-state index in [1.165, 1.54) is 9.13 Å². The van der Waals surface area contributed by atoms with Crippen molar-refractivity contribution in [1.29, 1.82) is 0 Å². The summed E-state index contributed by atoms with van der Waals surface area (Å²) < 4.78 is 10.7. The Hall–Kier alpha value is -3.65. The topological polar surface area (TPSA) is 91.3 Å². The first-order valence-corrected chi connectivity index (χ1v) is 11.4. The zero-order chi connectivity index (χ0) is 24.5. The maximum atomic E-state index is 13.6. The van der Waals surface area contributed by atoms with E-state index >= 15 is 0 Å². The Morgan fingerprint density at radius 3 is 2.29 bits per heavy atom. The number of fused-ring (bicyclic) bond motifs is 1. The van der Waals surface area contributed by atoms with E-state index in [9.17, 15) is 14.7 Å². The first-order chi connectivity index (χ1) is 16.2. The normalized spacial score (nSPS) is 11.8. The molecule has 8 nitrogen and oxygen atoms in total. The van der Waals surface area contributed by atoms with Crippen molar-refractivity contribution in [2.24, 2.45) is 0 Å². The number of ether oxygens (including phenoxy) is 1. The van der Waals surface area contributed by atoms with E-state index in [1.54, 1.807) is 4.57 Å². The Morgan fingerprint density at radius 2 is 1.65 bits per heavy atom. The van der Waals surface area contributed by atoms with Gasteiger partial charge in [-0.3, -0.25) is 18.5 Å². The molecule has 34 heavy (non-hydrogen) atoms. The van der Waals surface area contributed by atoms with Crippen molar-refractivity contribution in [2.45, 2.75) is 52.7 Å². The summed E-state index contributed by atoms with van der Waals surface area (Å²) in [6.07, 6.45) is 0.296. The minimum absolute atomic E-state index is 0.116. The van der Waals surface area contributed by atoms with E-state index in [2.05, 4.69) is 0 Å². The highest BCUT2D eigenvalue weighted by Gasteiger charge is 2.28. The molecule has 0 aliphatic heterocycles. The molecule has 8 heteroatoms. The van der Waals surface area contributed by atoms with Crippen LogP contribution in [-0.2, 0) is 18.6 Å². The van der Waals surface area contributed by atoms with Crippen LogP contribution in [0.3, 0.4) is 0 Å². The molecule has 0 saturated heterocycles. The summed E-state index contributed by atoms with van der Waals surface area (Å²) >= 11 is 0. The second-order valence-corrected chi connectivity index (χ2v) is 9.33. The Morgan fingerprint density at radius 1 is 0.971 bits per heavy atom. The highest BCUT2D eigenvalue weighted by atomic mass is 16.5. The third kappa shape index (κ3) is 4.41. The largest absolute Gasteiger partial charge is 0.425 e. The number of hydrogen-bond donors (Lipinski definition) is 1. The van der Waals surface area contributed by atoms with Crippen LogP contribution in [-0.4, -0.2) is 30.4 Å². The monoisotopic (exact) mass is 462 g/mol. The molecule has 0 aliphatic rings. The number of rotatable bonds is 7. The fourth-order valence-corrected chi connectivity index (χ4v) is 4.00. The van der Waals surface area contributed by atoms with E-state index in [0.717, 1.165) is 11.1 Å². The molecule has 0 saturated carbocycles. The second kappa shape index (κ2) is 9.30. The molecule has 1 N–H and O–H groups in total. The van der Waals surface area contributed by atoms with Gasteiger partial charge in [0.05, 0.1) is 6.54 Å². The maximum Gasteiger partial charge on any atom is 0.333 e. The van der Waals surface area contributed by atoms with Gasteiger partial charge in [-0.25, -0.2) is 4.79 Å². The van der Waals surface area contributed by atoms with Gasteiger partial charge < -0.3 is 9.84 Å². The van der Waals surface area contributed by atoms with Crippen LogP contribution in [0.1, 0.15) is 38.3 Å². The van der Waals surface area contributed by atoms with Crippen molar-refractivity contribution < 1.29 is 9.84 Å². The van der Waals surface area contributed by atoms with E-state index in [1.807, 2.05) is 82.3 Å². The molecule has 0 fully saturated rings. The Bertz CT molecular complexity index is 1430. The third-order valence-corrected chi connectivity index (χ3v) is 5.68. The van der Waals surface area contributed by atoms with E-state index < -0.39 is 16.8 Å². The van der Waals surface area contributed by atoms with Crippen LogP contribution in [0.4, 0.5) is 0 Å². The van der Waals surface area contributed by atoms with E-state index in [4.69, 9.17) is 9.72 Å². The molecule has 0 aliphatic carbocycles. The third-order valence-electron chi connectivity index (χ3n) is 5.68. The molecule has 0 bridgehead atoms. The highest BCUT2D eigenvalue weighted by molar-refractivity contribution is 5.72. The summed E-state index contributed by atoms with van der Waals surface area (Å²) in [5.41, 5.74) is 0.917. The average molecular weight is 463 g/mol. The van der Waals surface area contributed by atoms with Gasteiger partial charge in [-0.1, -0.05) is 48.5 Å². The molecule has 4 aromatic rings. The lowest BCUT2D eigenvalue weighted by Gasteiger charge is -2.23. The number of hydrogen-bond acceptors (Lipinski definition) is 5. The lowest BCUT2D eigenvalue weighted by Crippen LogP contribution is -2.45. The number of para-hydroxylation sites is 1. The summed E-state index contributed by atoms with van der Waals surface area (Å²) in [6.45, 7) is 7.96. The Labute approximate surface area is 197 Å². The Kier molecular flexibility index (Phi) is 6.43. The van der Waals surface area contributed by atoms with Crippen molar-refractivity contribution in [3.63, 3.8) is 0 Å². The van der Waals surface area contributed by atoms with Crippen LogP contribution in [0.5, 0.6) is 11.8 Å². The van der Waals surface area contributed by atoms with Gasteiger partial charge >= 0.3 is 11.7 Å². The summed E-state index contributed by atoms with van der Waals surface area (Å²) in [5, 5.41) is 9.33. The number of nitrogens with zero attached hydrogens (tertiary/aromatic N) is 4. The molecule has 0 radical (unpaired) electrons. The van der Waals surface area contributed by atoms with Gasteiger partial charge in [0, 0.05) is 18.7 Å². The summed E-state index contributed by atoms with van der Waals surface area (Å²) in [7, 11) is 0. The number of benzene rings is 2. The molecule has 0 spiro atoms. The van der Waals surface area contributed by atoms with E-state index in [0.29, 0.717) is 24.2 Å². The van der Waals surface area contributed by atoms with Crippen LogP contribution < -0.4 is 16.0 Å². The molecule has 0 unspecified atom stereocenters. The SMILES string of the molecule is Cc1ccccc1Oc1nc2c(c(=O)n(CCCO)c(=O)n2C(C)(C)C)n1Cc1ccccc1. The molecular weight excluding hydrogens is 432 g/mol. The van der Waals surface area contributed by atoms with Crippen LogP contribution >= 0.6 is 0 Å². The minimum Gasteiger partial charge on any atom is -0.425 e. The van der Waals surface area contributed by atoms with Crippen LogP contribution in [0.15, 0.2) is 64.2 Å². The van der Waals surface area contributed by atoms with E-state index in [-0.39, 0.29) is 24.8 Å². The first-order valence-electron chi connectivity index (χ1n) is 11.4. The predicted molar refractivity (Wildman–Crippen MR) is 132 cm³/mol. The molecule has 2 aromatic carbocycles. The molecule has 178 valence electrons. The van der Waals surface area contributed by atoms with Gasteiger partial charge in [-0.2, -0.15) is 4.98 Å². The number of aliphatic hydroxyl groups excluding tert-OH is 1. The summed E-state index contributed by atoms with van der Waals surface area (Å²) in [5.74, 6) is 0.623. The first kappa shape index (κ1) is 23.5. The Balaban J connectivity index is 2.05. The smallest absolute Gasteiger partial charge is 0.333 e. The lowest BCUT2D eigenvalue weighted by atomic mass is 10.1. The number of aromatic nitrogens is 4. The minimum atomic E-state index is -0.643. The van der Waals surface area contributed by atoms with Gasteiger partial charge in [-0.05, 0) is 51.3 Å². The fourth-order valence-electron chi connectivity index (χ4n) is 4.00. The van der Waals surface area contributed by atoms with Gasteiger partial charge in [0.1, 0.15) is 5.75 Å². The quantitative estimate of drug-likeness (QED) is 0.453. The lowest BCUT2D eigenvalue weighted by molar-refractivity contribution is 0.275. The van der Waals surface area contributed by atoms with Gasteiger partial charge in [0.25, 0.3) is 5.56 Å². The fraction of sp³-hybridized carbons (Fsp3) is 0.346. The molecule has 0 amide bonds. The maximum absolute atomic E-state index is 13.6. The van der Waals surface area contributed by atoms with Crippen LogP contribution in [0, 0.1) is 6.92 Å². The number of imidazole rings is 1. The summed E-state index contributed by atoms with van der Waals surface area (Å²) in [6, 6.07) is 17.5. The molecule has 2 aromatic heterocycles. The van der Waals surface area contributed by atoms with Crippen molar-refractivity contribution in [1.82, 2.24) is 18.7 Å². The van der Waals surface area contributed by atoms with Gasteiger partial charge in [0.15, 0.2) is 11.2 Å². The van der Waals surface area contributed by atoms with Gasteiger partial charge in [-0.15, -0.1) is 0 Å². The predicted octanol–water partition coefficient (Wildman–Crippen LogP) is 3.65. The van der Waals surface area contributed by atoms with Crippen molar-refractivity contribution in [3.05, 3.63) is 86.6 Å². The molecular formula is C26H30N4O4. The molecule has 4 rings (SSSR count). The second-order valence-electron chi connectivity index (χ2n) is 9.33. The van der Waals surface area contributed by atoms with Crippen molar-refractivity contribution in [3.8, 4) is 11.8 Å².